The molecule has 0 radical (unpaired) electrons. The first kappa shape index (κ1) is 20.7. The van der Waals surface area contributed by atoms with E-state index >= 15 is 0 Å². The van der Waals surface area contributed by atoms with Gasteiger partial charge in [0.2, 0.25) is 5.71 Å². The van der Waals surface area contributed by atoms with Crippen LogP contribution in [0.5, 0.6) is 0 Å². The fourth-order valence-corrected chi connectivity index (χ4v) is 2.08. The lowest BCUT2D eigenvalue weighted by molar-refractivity contribution is -0.135. The van der Waals surface area contributed by atoms with Gasteiger partial charge in [0.25, 0.3) is 0 Å². The van der Waals surface area contributed by atoms with Gasteiger partial charge >= 0.3 is 12.1 Å². The number of thiazole rings is 1. The number of ether oxygens (including phenoxy) is 2. The Morgan fingerprint density at radius 1 is 1.40 bits per heavy atom. The van der Waals surface area contributed by atoms with E-state index in [0.29, 0.717) is 23.8 Å². The first-order valence-corrected chi connectivity index (χ1v) is 8.66. The summed E-state index contributed by atoms with van der Waals surface area (Å²) in [4.78, 5) is 32.5. The van der Waals surface area contributed by atoms with E-state index in [1.807, 2.05) is 0 Å². The SMILES string of the molecule is CCOC(=O)/C(=N/OCCCNC(=O)OC(C)(C)C)c1csc(N)n1. The molecule has 9 nitrogen and oxygen atoms in total. The van der Waals surface area contributed by atoms with Crippen LogP contribution in [0.15, 0.2) is 10.5 Å². The van der Waals surface area contributed by atoms with Gasteiger partial charge in [0.1, 0.15) is 17.9 Å². The number of nitrogen functional groups attached to an aromatic ring is 1. The van der Waals surface area contributed by atoms with Crippen molar-refractivity contribution in [3.8, 4) is 0 Å². The molecule has 0 aliphatic carbocycles. The second-order valence-corrected chi connectivity index (χ2v) is 6.74. The van der Waals surface area contributed by atoms with Crippen LogP contribution in [0.3, 0.4) is 0 Å². The van der Waals surface area contributed by atoms with Gasteiger partial charge in [-0.1, -0.05) is 5.16 Å². The maximum Gasteiger partial charge on any atom is 0.407 e. The van der Waals surface area contributed by atoms with E-state index in [1.54, 1.807) is 33.1 Å². The average molecular weight is 372 g/mol. The summed E-state index contributed by atoms with van der Waals surface area (Å²) in [5.74, 6) is -0.639. The second kappa shape index (κ2) is 9.82. The maximum atomic E-state index is 11.9. The standard InChI is InChI=1S/C15H24N4O5S/c1-5-22-12(20)11(10-9-25-13(16)18-10)19-23-8-6-7-17-14(21)24-15(2,3)4/h9H,5-8H2,1-4H3,(H2,16,18)(H,17,21)/b19-11+. The fraction of sp³-hybridized carbons (Fsp3) is 0.600. The Hall–Kier alpha value is -2.36. The Bertz CT molecular complexity index is 609. The average Bonchev–Trinajstić information content (AvgIpc) is 2.91. The lowest BCUT2D eigenvalue weighted by Gasteiger charge is -2.19. The number of amides is 1. The molecule has 1 aromatic rings. The molecule has 3 N–H and O–H groups in total. The molecule has 1 amide bonds. The molecule has 0 saturated carbocycles. The number of esters is 1. The van der Waals surface area contributed by atoms with E-state index in [9.17, 15) is 9.59 Å². The number of carbonyl (C=O) groups excluding carboxylic acids is 2. The van der Waals surface area contributed by atoms with E-state index in [-0.39, 0.29) is 18.9 Å². The molecule has 140 valence electrons. The van der Waals surface area contributed by atoms with Crippen LogP contribution in [0, 0.1) is 0 Å². The van der Waals surface area contributed by atoms with Gasteiger partial charge in [0.05, 0.1) is 6.61 Å². The molecule has 0 fully saturated rings. The summed E-state index contributed by atoms with van der Waals surface area (Å²) in [6, 6.07) is 0. The minimum absolute atomic E-state index is 0.0464. The summed E-state index contributed by atoms with van der Waals surface area (Å²) in [5, 5.41) is 8.29. The number of aromatic nitrogens is 1. The number of alkyl carbamates (subject to hydrolysis) is 1. The molecule has 1 rings (SSSR count). The summed E-state index contributed by atoms with van der Waals surface area (Å²) in [6.45, 7) is 7.79. The van der Waals surface area contributed by atoms with Crippen molar-refractivity contribution in [1.29, 1.82) is 0 Å². The molecule has 0 saturated heterocycles. The second-order valence-electron chi connectivity index (χ2n) is 5.85. The van der Waals surface area contributed by atoms with Gasteiger partial charge in [-0.2, -0.15) is 0 Å². The molecule has 0 unspecified atom stereocenters. The molecule has 10 heteroatoms. The van der Waals surface area contributed by atoms with Gasteiger partial charge in [0, 0.05) is 18.3 Å². The van der Waals surface area contributed by atoms with Crippen LogP contribution in [0.4, 0.5) is 9.93 Å². The third-order valence-electron chi connectivity index (χ3n) is 2.47. The van der Waals surface area contributed by atoms with Crippen molar-refractivity contribution < 1.29 is 23.9 Å². The Kier molecular flexibility index (Phi) is 8.12. The van der Waals surface area contributed by atoms with Crippen LogP contribution in [0.1, 0.15) is 39.8 Å². The third-order valence-corrected chi connectivity index (χ3v) is 3.14. The van der Waals surface area contributed by atoms with Crippen molar-refractivity contribution >= 4 is 34.2 Å². The Morgan fingerprint density at radius 2 is 2.12 bits per heavy atom. The number of carbonyl (C=O) groups is 2. The molecular weight excluding hydrogens is 348 g/mol. The van der Waals surface area contributed by atoms with Crippen molar-refractivity contribution in [2.75, 3.05) is 25.5 Å². The number of hydrogen-bond donors (Lipinski definition) is 2. The minimum atomic E-state index is -0.639. The Morgan fingerprint density at radius 3 is 2.68 bits per heavy atom. The predicted molar refractivity (Wildman–Crippen MR) is 94.5 cm³/mol. The van der Waals surface area contributed by atoms with Crippen LogP contribution in [0.25, 0.3) is 0 Å². The smallest absolute Gasteiger partial charge is 0.407 e. The highest BCUT2D eigenvalue weighted by atomic mass is 32.1. The summed E-state index contributed by atoms with van der Waals surface area (Å²) >= 11 is 1.18. The highest BCUT2D eigenvalue weighted by Crippen LogP contribution is 2.13. The number of nitrogens with zero attached hydrogens (tertiary/aromatic N) is 2. The highest BCUT2D eigenvalue weighted by Gasteiger charge is 2.19. The van der Waals surface area contributed by atoms with Gasteiger partial charge in [-0.3, -0.25) is 0 Å². The zero-order valence-corrected chi connectivity index (χ0v) is 15.6. The molecule has 0 aliphatic rings. The van der Waals surface area contributed by atoms with Crippen LogP contribution in [0.2, 0.25) is 0 Å². The molecule has 0 aliphatic heterocycles. The molecule has 0 bridgehead atoms. The van der Waals surface area contributed by atoms with Crippen LogP contribution in [-0.4, -0.2) is 48.1 Å². The van der Waals surface area contributed by atoms with Crippen molar-refractivity contribution in [2.45, 2.75) is 39.7 Å². The number of oxime groups is 1. The van der Waals surface area contributed by atoms with E-state index in [1.165, 1.54) is 11.3 Å². The minimum Gasteiger partial charge on any atom is -0.461 e. The molecule has 0 spiro atoms. The molecular formula is C15H24N4O5S. The zero-order valence-electron chi connectivity index (χ0n) is 14.8. The lowest BCUT2D eigenvalue weighted by Crippen LogP contribution is -2.33. The first-order valence-electron chi connectivity index (χ1n) is 7.78. The van der Waals surface area contributed by atoms with Crippen LogP contribution < -0.4 is 11.1 Å². The largest absolute Gasteiger partial charge is 0.461 e. The van der Waals surface area contributed by atoms with E-state index in [0.717, 1.165) is 0 Å². The number of rotatable bonds is 8. The third kappa shape index (κ3) is 8.34. The summed E-state index contributed by atoms with van der Waals surface area (Å²) in [7, 11) is 0. The normalized spacial score (nSPS) is 11.8. The quantitative estimate of drug-likeness (QED) is 0.309. The van der Waals surface area contributed by atoms with Gasteiger partial charge in [0.15, 0.2) is 5.13 Å². The topological polar surface area (TPSA) is 125 Å². The molecule has 0 atom stereocenters. The Balaban J connectivity index is 2.45. The van der Waals surface area contributed by atoms with Crippen molar-refractivity contribution in [2.24, 2.45) is 5.16 Å². The molecule has 0 aromatic carbocycles. The Labute approximate surface area is 150 Å². The van der Waals surface area contributed by atoms with Crippen LogP contribution in [-0.2, 0) is 19.1 Å². The predicted octanol–water partition coefficient (Wildman–Crippen LogP) is 1.92. The van der Waals surface area contributed by atoms with Gasteiger partial charge in [-0.05, 0) is 27.7 Å². The van der Waals surface area contributed by atoms with E-state index in [4.69, 9.17) is 20.0 Å². The van der Waals surface area contributed by atoms with Gasteiger partial charge in [-0.25, -0.2) is 14.6 Å². The van der Waals surface area contributed by atoms with Crippen LogP contribution >= 0.6 is 11.3 Å². The zero-order chi connectivity index (χ0) is 18.9. The lowest BCUT2D eigenvalue weighted by atomic mass is 10.2. The first-order chi connectivity index (χ1) is 11.7. The highest BCUT2D eigenvalue weighted by molar-refractivity contribution is 7.13. The number of anilines is 1. The number of nitrogens with two attached hydrogens (primary N) is 1. The number of hydrogen-bond acceptors (Lipinski definition) is 9. The summed E-state index contributed by atoms with van der Waals surface area (Å²) < 4.78 is 10.0. The van der Waals surface area contributed by atoms with Gasteiger partial charge in [-0.15, -0.1) is 11.3 Å². The van der Waals surface area contributed by atoms with Gasteiger partial charge < -0.3 is 25.4 Å². The fourth-order valence-electron chi connectivity index (χ4n) is 1.54. The maximum absolute atomic E-state index is 11.9. The van der Waals surface area contributed by atoms with E-state index < -0.39 is 17.7 Å². The summed E-state index contributed by atoms with van der Waals surface area (Å²) in [5.41, 5.74) is 5.27. The summed E-state index contributed by atoms with van der Waals surface area (Å²) in [6.07, 6.45) is -0.0147. The number of nitrogens with one attached hydrogen (secondary N) is 1. The van der Waals surface area contributed by atoms with Crippen molar-refractivity contribution in [1.82, 2.24) is 10.3 Å². The molecule has 1 heterocycles. The molecule has 1 aromatic heterocycles. The van der Waals surface area contributed by atoms with E-state index in [2.05, 4.69) is 15.5 Å². The monoisotopic (exact) mass is 372 g/mol. The van der Waals surface area contributed by atoms with Crippen molar-refractivity contribution in [3.05, 3.63) is 11.1 Å². The molecule has 25 heavy (non-hydrogen) atoms. The van der Waals surface area contributed by atoms with Crippen molar-refractivity contribution in [3.63, 3.8) is 0 Å².